The van der Waals surface area contributed by atoms with Crippen molar-refractivity contribution in [1.82, 2.24) is 24.9 Å². The van der Waals surface area contributed by atoms with E-state index in [0.717, 1.165) is 16.5 Å². The summed E-state index contributed by atoms with van der Waals surface area (Å²) < 4.78 is 34.3. The molecule has 0 amide bonds. The number of rotatable bonds is 6. The van der Waals surface area contributed by atoms with Crippen LogP contribution in [0, 0.1) is 0 Å². The Morgan fingerprint density at radius 2 is 1.93 bits per heavy atom. The van der Waals surface area contributed by atoms with Crippen molar-refractivity contribution >= 4 is 36.9 Å². The molecule has 0 saturated heterocycles. The fraction of sp³-hybridized carbons (Fsp3) is 0.158. The summed E-state index contributed by atoms with van der Waals surface area (Å²) in [5, 5.41) is 6.77. The number of sulfonamides is 1. The summed E-state index contributed by atoms with van der Waals surface area (Å²) in [6.07, 6.45) is 3.05. The van der Waals surface area contributed by atoms with E-state index >= 15 is 0 Å². The van der Waals surface area contributed by atoms with E-state index in [4.69, 9.17) is 4.42 Å². The number of hydrogen-bond donors (Lipinski definition) is 2. The van der Waals surface area contributed by atoms with Gasteiger partial charge in [0.1, 0.15) is 6.04 Å². The van der Waals surface area contributed by atoms with Gasteiger partial charge in [0.25, 0.3) is 10.0 Å². The molecule has 0 unspecified atom stereocenters. The van der Waals surface area contributed by atoms with E-state index in [1.807, 2.05) is 30.3 Å². The first-order valence-corrected chi connectivity index (χ1v) is 11.2. The molecule has 0 fully saturated rings. The number of H-pyrrole nitrogens is 1. The molecule has 4 aromatic rings. The molecule has 0 aliphatic carbocycles. The Bertz CT molecular complexity index is 1350. The lowest BCUT2D eigenvalue weighted by Gasteiger charge is -2.23. The molecule has 0 spiro atoms. The standard InChI is InChI=1S/C19H16BrN5O4S/c1-11(14-6-2-4-12-5-3-9-21-17(12)14)16(18-23-24-19(26)29-18)25-30(27,28)15-8-7-13(20)10-22-15/h2-11,16,25H,1H3,(H,24,26)/t11-,16+/m1/s1. The first-order valence-electron chi connectivity index (χ1n) is 8.88. The second kappa shape index (κ2) is 8.09. The zero-order chi connectivity index (χ0) is 21.3. The van der Waals surface area contributed by atoms with Gasteiger partial charge in [-0.1, -0.05) is 31.2 Å². The number of fused-ring (bicyclic) bond motifs is 1. The van der Waals surface area contributed by atoms with Crippen LogP contribution in [0.5, 0.6) is 0 Å². The van der Waals surface area contributed by atoms with Gasteiger partial charge in [-0.3, -0.25) is 4.98 Å². The fourth-order valence-electron chi connectivity index (χ4n) is 3.16. The molecule has 0 saturated carbocycles. The van der Waals surface area contributed by atoms with Crippen molar-refractivity contribution in [2.75, 3.05) is 0 Å². The zero-order valence-electron chi connectivity index (χ0n) is 15.6. The summed E-state index contributed by atoms with van der Waals surface area (Å²) in [4.78, 5) is 19.9. The van der Waals surface area contributed by atoms with Gasteiger partial charge >= 0.3 is 5.76 Å². The first-order chi connectivity index (χ1) is 14.3. The van der Waals surface area contributed by atoms with E-state index in [0.29, 0.717) is 4.47 Å². The fourth-order valence-corrected chi connectivity index (χ4v) is 4.60. The Balaban J connectivity index is 1.78. The van der Waals surface area contributed by atoms with Crippen LogP contribution in [0.1, 0.15) is 30.3 Å². The molecule has 30 heavy (non-hydrogen) atoms. The van der Waals surface area contributed by atoms with Crippen molar-refractivity contribution in [1.29, 1.82) is 0 Å². The van der Waals surface area contributed by atoms with Gasteiger partial charge in [-0.25, -0.2) is 23.3 Å². The molecule has 0 bridgehead atoms. The van der Waals surface area contributed by atoms with E-state index in [9.17, 15) is 13.2 Å². The molecule has 3 aromatic heterocycles. The van der Waals surface area contributed by atoms with Crippen LogP contribution in [0.15, 0.2) is 73.6 Å². The lowest BCUT2D eigenvalue weighted by atomic mass is 9.92. The van der Waals surface area contributed by atoms with Gasteiger partial charge in [0.2, 0.25) is 5.89 Å². The van der Waals surface area contributed by atoms with Crippen molar-refractivity contribution in [2.45, 2.75) is 23.9 Å². The third kappa shape index (κ3) is 4.04. The molecule has 2 N–H and O–H groups in total. The summed E-state index contributed by atoms with van der Waals surface area (Å²) in [6.45, 7) is 1.81. The Labute approximate surface area is 179 Å². The number of pyridine rings is 2. The van der Waals surface area contributed by atoms with Crippen LogP contribution in [-0.2, 0) is 10.0 Å². The molecule has 3 heterocycles. The number of nitrogens with zero attached hydrogens (tertiary/aromatic N) is 3. The van der Waals surface area contributed by atoms with Crippen LogP contribution in [0.25, 0.3) is 10.9 Å². The van der Waals surface area contributed by atoms with E-state index in [-0.39, 0.29) is 10.9 Å². The van der Waals surface area contributed by atoms with E-state index in [1.54, 1.807) is 19.2 Å². The van der Waals surface area contributed by atoms with Crippen LogP contribution in [0.4, 0.5) is 0 Å². The second-order valence-corrected chi connectivity index (χ2v) is 9.15. The molecular weight excluding hydrogens is 474 g/mol. The summed E-state index contributed by atoms with van der Waals surface area (Å²) >= 11 is 3.23. The molecule has 11 heteroatoms. The lowest BCUT2D eigenvalue weighted by molar-refractivity contribution is 0.382. The topological polar surface area (TPSA) is 131 Å². The van der Waals surface area contributed by atoms with E-state index < -0.39 is 27.7 Å². The molecule has 2 atom stereocenters. The van der Waals surface area contributed by atoms with Gasteiger partial charge < -0.3 is 4.42 Å². The van der Waals surface area contributed by atoms with Crippen LogP contribution in [-0.4, -0.2) is 28.6 Å². The van der Waals surface area contributed by atoms with Crippen molar-refractivity contribution in [3.05, 3.63) is 81.3 Å². The highest BCUT2D eigenvalue weighted by Crippen LogP contribution is 2.34. The molecule has 4 rings (SSSR count). The summed E-state index contributed by atoms with van der Waals surface area (Å²) in [6, 6.07) is 11.3. The van der Waals surface area contributed by atoms with Gasteiger partial charge in [0, 0.05) is 28.2 Å². The molecule has 0 radical (unpaired) electrons. The SMILES string of the molecule is C[C@H](c1cccc2cccnc12)[C@H](NS(=O)(=O)c1ccc(Br)cn1)c1n[nH]c(=O)o1. The number of aromatic nitrogens is 4. The molecule has 0 aliphatic rings. The Kier molecular flexibility index (Phi) is 5.50. The van der Waals surface area contributed by atoms with Gasteiger partial charge in [0.15, 0.2) is 5.03 Å². The predicted octanol–water partition coefficient (Wildman–Crippen LogP) is 2.89. The van der Waals surface area contributed by atoms with Crippen molar-refractivity contribution in [2.24, 2.45) is 0 Å². The molecular formula is C19H16BrN5O4S. The minimum absolute atomic E-state index is 0.0823. The van der Waals surface area contributed by atoms with Crippen molar-refractivity contribution in [3.63, 3.8) is 0 Å². The normalized spacial score (nSPS) is 13.9. The largest absolute Gasteiger partial charge is 0.434 e. The zero-order valence-corrected chi connectivity index (χ0v) is 18.0. The highest BCUT2D eigenvalue weighted by atomic mass is 79.9. The number of para-hydroxylation sites is 1. The maximum Gasteiger partial charge on any atom is 0.434 e. The molecule has 0 aliphatic heterocycles. The minimum Gasteiger partial charge on any atom is -0.391 e. The molecule has 154 valence electrons. The van der Waals surface area contributed by atoms with Crippen molar-refractivity contribution in [3.8, 4) is 0 Å². The summed E-state index contributed by atoms with van der Waals surface area (Å²) in [7, 11) is -4.04. The number of halogens is 1. The second-order valence-electron chi connectivity index (χ2n) is 6.58. The predicted molar refractivity (Wildman–Crippen MR) is 112 cm³/mol. The van der Waals surface area contributed by atoms with Crippen molar-refractivity contribution < 1.29 is 12.8 Å². The van der Waals surface area contributed by atoms with Gasteiger partial charge in [0.05, 0.1) is 5.52 Å². The monoisotopic (exact) mass is 489 g/mol. The average Bonchev–Trinajstić information content (AvgIpc) is 3.17. The van der Waals surface area contributed by atoms with Crippen LogP contribution in [0.2, 0.25) is 0 Å². The number of nitrogens with one attached hydrogen (secondary N) is 2. The summed E-state index contributed by atoms with van der Waals surface area (Å²) in [5.74, 6) is -1.33. The maximum absolute atomic E-state index is 13.0. The third-order valence-corrected chi connectivity index (χ3v) is 6.46. The Morgan fingerprint density at radius 3 is 2.63 bits per heavy atom. The quantitative estimate of drug-likeness (QED) is 0.425. The van der Waals surface area contributed by atoms with Crippen LogP contribution in [0.3, 0.4) is 0 Å². The molecule has 9 nitrogen and oxygen atoms in total. The van der Waals surface area contributed by atoms with Crippen LogP contribution < -0.4 is 10.5 Å². The maximum atomic E-state index is 13.0. The number of benzene rings is 1. The smallest absolute Gasteiger partial charge is 0.391 e. The number of hydrogen-bond acceptors (Lipinski definition) is 7. The van der Waals surface area contributed by atoms with Gasteiger partial charge in [-0.2, -0.15) is 4.72 Å². The average molecular weight is 490 g/mol. The van der Waals surface area contributed by atoms with Gasteiger partial charge in [-0.05, 0) is 39.7 Å². The van der Waals surface area contributed by atoms with E-state index in [1.165, 1.54) is 12.3 Å². The highest BCUT2D eigenvalue weighted by Gasteiger charge is 2.32. The molecule has 1 aromatic carbocycles. The Hall–Kier alpha value is -2.89. The minimum atomic E-state index is -4.04. The Morgan fingerprint density at radius 1 is 1.13 bits per heavy atom. The lowest BCUT2D eigenvalue weighted by Crippen LogP contribution is -2.33. The van der Waals surface area contributed by atoms with Gasteiger partial charge in [-0.15, -0.1) is 5.10 Å². The first kappa shape index (κ1) is 20.4. The summed E-state index contributed by atoms with van der Waals surface area (Å²) in [5.41, 5.74) is 1.49. The third-order valence-electron chi connectivity index (χ3n) is 4.63. The number of aromatic amines is 1. The van der Waals surface area contributed by atoms with Crippen LogP contribution >= 0.6 is 15.9 Å². The van der Waals surface area contributed by atoms with E-state index in [2.05, 4.69) is 40.8 Å². The highest BCUT2D eigenvalue weighted by molar-refractivity contribution is 9.10.